The van der Waals surface area contributed by atoms with E-state index in [1.165, 1.54) is 25.1 Å². The van der Waals surface area contributed by atoms with Gasteiger partial charge in [-0.1, -0.05) is 42.1 Å². The van der Waals surface area contributed by atoms with E-state index < -0.39 is 0 Å². The third-order valence-electron chi connectivity index (χ3n) is 4.07. The van der Waals surface area contributed by atoms with Crippen molar-refractivity contribution in [1.29, 1.82) is 0 Å². The largest absolute Gasteiger partial charge is 0.503 e. The molecule has 0 unspecified atom stereocenters. The number of hydrogen-bond donors (Lipinski definition) is 2. The van der Waals surface area contributed by atoms with E-state index >= 15 is 0 Å². The molecule has 0 atom stereocenters. The van der Waals surface area contributed by atoms with Gasteiger partial charge in [-0.2, -0.15) is 5.10 Å². The van der Waals surface area contributed by atoms with Gasteiger partial charge in [-0.05, 0) is 40.5 Å². The topological polar surface area (TPSA) is 102 Å². The molecule has 8 nitrogen and oxygen atoms in total. The second-order valence-corrected chi connectivity index (χ2v) is 7.85. The van der Waals surface area contributed by atoms with Crippen molar-refractivity contribution in [1.82, 2.24) is 20.2 Å². The van der Waals surface area contributed by atoms with Gasteiger partial charge in [0.1, 0.15) is 0 Å². The number of thioether (sulfide) groups is 1. The smallest absolute Gasteiger partial charge is 0.250 e. The second-order valence-electron chi connectivity index (χ2n) is 6.05. The number of aromatic nitrogens is 3. The maximum absolute atomic E-state index is 12.2. The number of aromatic hydroxyl groups is 1. The Hall–Kier alpha value is -2.85. The van der Waals surface area contributed by atoms with Crippen LogP contribution in [-0.2, 0) is 11.3 Å². The zero-order valence-corrected chi connectivity index (χ0v) is 18.8. The van der Waals surface area contributed by atoms with E-state index in [2.05, 4.69) is 36.7 Å². The fraction of sp³-hybridized carbons (Fsp3) is 0.200. The summed E-state index contributed by atoms with van der Waals surface area (Å²) in [5.74, 6) is 0.956. The van der Waals surface area contributed by atoms with Crippen LogP contribution in [0.15, 0.2) is 57.2 Å². The van der Waals surface area contributed by atoms with E-state index in [1.54, 1.807) is 12.1 Å². The molecule has 156 valence electrons. The number of phenolic OH excluding ortho intramolecular Hbond substituents is 1. The third kappa shape index (κ3) is 5.19. The van der Waals surface area contributed by atoms with Crippen LogP contribution < -0.4 is 10.2 Å². The highest BCUT2D eigenvalue weighted by atomic mass is 79.9. The maximum Gasteiger partial charge on any atom is 0.250 e. The van der Waals surface area contributed by atoms with Crippen molar-refractivity contribution in [2.45, 2.75) is 18.6 Å². The summed E-state index contributed by atoms with van der Waals surface area (Å²) in [5, 5.41) is 22.9. The third-order valence-corrected chi connectivity index (χ3v) is 5.64. The Morgan fingerprint density at radius 2 is 2.10 bits per heavy atom. The molecule has 3 rings (SSSR count). The van der Waals surface area contributed by atoms with Crippen molar-refractivity contribution in [3.63, 3.8) is 0 Å². The van der Waals surface area contributed by atoms with Gasteiger partial charge in [-0.25, -0.2) is 5.43 Å². The molecule has 1 heterocycles. The molecule has 0 fully saturated rings. The van der Waals surface area contributed by atoms with Gasteiger partial charge >= 0.3 is 0 Å². The normalized spacial score (nSPS) is 11.0. The molecule has 0 aliphatic carbocycles. The quantitative estimate of drug-likeness (QED) is 0.284. The van der Waals surface area contributed by atoms with Crippen LogP contribution in [0.25, 0.3) is 11.4 Å². The summed E-state index contributed by atoms with van der Waals surface area (Å²) >= 11 is 4.54. The standard InChI is InChI=1S/C20H20BrN5O3S/c1-3-26-19(14-7-5-4-6-8-14)24-25-20(26)30-12-17(27)23-22-11-13-9-15(21)18(28)16(10-13)29-2/h4-11,28H,3,12H2,1-2H3,(H,23,27). The number of ether oxygens (including phenoxy) is 1. The Bertz CT molecular complexity index is 1060. The van der Waals surface area contributed by atoms with Gasteiger partial charge in [0.05, 0.1) is 23.5 Å². The van der Waals surface area contributed by atoms with Crippen LogP contribution in [0.5, 0.6) is 11.5 Å². The average Bonchev–Trinajstić information content (AvgIpc) is 3.18. The highest BCUT2D eigenvalue weighted by Crippen LogP contribution is 2.34. The van der Waals surface area contributed by atoms with Crippen LogP contribution in [-0.4, -0.2) is 44.9 Å². The van der Waals surface area contributed by atoms with Crippen molar-refractivity contribution in [3.05, 3.63) is 52.5 Å². The fourth-order valence-electron chi connectivity index (χ4n) is 2.65. The minimum atomic E-state index is -0.270. The number of rotatable bonds is 8. The minimum absolute atomic E-state index is 0.00462. The summed E-state index contributed by atoms with van der Waals surface area (Å²) in [6.07, 6.45) is 1.47. The van der Waals surface area contributed by atoms with Crippen LogP contribution in [0.4, 0.5) is 0 Å². The molecule has 3 aromatic rings. The molecule has 0 bridgehead atoms. The molecule has 0 saturated carbocycles. The van der Waals surface area contributed by atoms with Crippen LogP contribution in [0.2, 0.25) is 0 Å². The lowest BCUT2D eigenvalue weighted by Crippen LogP contribution is -2.20. The van der Waals surface area contributed by atoms with Gasteiger partial charge < -0.3 is 14.4 Å². The van der Waals surface area contributed by atoms with E-state index in [9.17, 15) is 9.90 Å². The number of halogens is 1. The second kappa shape index (κ2) is 10.3. The van der Waals surface area contributed by atoms with Crippen LogP contribution >= 0.6 is 27.7 Å². The predicted molar refractivity (Wildman–Crippen MR) is 120 cm³/mol. The van der Waals surface area contributed by atoms with E-state index in [0.717, 1.165) is 11.4 Å². The SMILES string of the molecule is CCn1c(SCC(=O)NN=Cc2cc(Br)c(O)c(OC)c2)nnc1-c1ccccc1. The Morgan fingerprint density at radius 1 is 1.33 bits per heavy atom. The number of methoxy groups -OCH3 is 1. The Morgan fingerprint density at radius 3 is 2.80 bits per heavy atom. The highest BCUT2D eigenvalue weighted by Gasteiger charge is 2.14. The number of hydrazone groups is 1. The maximum atomic E-state index is 12.2. The predicted octanol–water partition coefficient (Wildman–Crippen LogP) is 3.68. The van der Waals surface area contributed by atoms with Crippen molar-refractivity contribution >= 4 is 39.8 Å². The van der Waals surface area contributed by atoms with E-state index in [1.807, 2.05) is 41.8 Å². The molecule has 2 N–H and O–H groups in total. The first-order chi connectivity index (χ1) is 14.5. The molecule has 0 aliphatic rings. The number of carbonyl (C=O) groups is 1. The fourth-order valence-corrected chi connectivity index (χ4v) is 3.90. The van der Waals surface area contributed by atoms with Gasteiger partial charge in [-0.3, -0.25) is 4.79 Å². The van der Waals surface area contributed by atoms with Gasteiger partial charge in [0, 0.05) is 12.1 Å². The monoisotopic (exact) mass is 489 g/mol. The molecule has 0 radical (unpaired) electrons. The number of hydrogen-bond acceptors (Lipinski definition) is 7. The first-order valence-electron chi connectivity index (χ1n) is 9.03. The summed E-state index contributed by atoms with van der Waals surface area (Å²) in [4.78, 5) is 12.2. The number of nitrogens with one attached hydrogen (secondary N) is 1. The molecule has 0 saturated heterocycles. The minimum Gasteiger partial charge on any atom is -0.503 e. The van der Waals surface area contributed by atoms with Crippen molar-refractivity contribution in [2.24, 2.45) is 5.10 Å². The molecule has 0 aliphatic heterocycles. The molecule has 1 amide bonds. The Balaban J connectivity index is 1.60. The van der Waals surface area contributed by atoms with Gasteiger partial charge in [-0.15, -0.1) is 10.2 Å². The molecule has 10 heteroatoms. The number of nitrogens with zero attached hydrogens (tertiary/aromatic N) is 4. The molecular weight excluding hydrogens is 470 g/mol. The number of amides is 1. The molecular formula is C20H20BrN5O3S. The number of benzene rings is 2. The summed E-state index contributed by atoms with van der Waals surface area (Å²) < 4.78 is 7.53. The molecule has 2 aromatic carbocycles. The molecule has 1 aromatic heterocycles. The van der Waals surface area contributed by atoms with Crippen LogP contribution in [0.3, 0.4) is 0 Å². The lowest BCUT2D eigenvalue weighted by Gasteiger charge is -2.07. The molecule has 0 spiro atoms. The van der Waals surface area contributed by atoms with Crippen molar-refractivity contribution in [2.75, 3.05) is 12.9 Å². The summed E-state index contributed by atoms with van der Waals surface area (Å²) in [5.41, 5.74) is 4.11. The zero-order valence-electron chi connectivity index (χ0n) is 16.4. The first kappa shape index (κ1) is 21.8. The van der Waals surface area contributed by atoms with E-state index in [-0.39, 0.29) is 17.4 Å². The average molecular weight is 490 g/mol. The van der Waals surface area contributed by atoms with Crippen molar-refractivity contribution in [3.8, 4) is 22.9 Å². The number of phenols is 1. The lowest BCUT2D eigenvalue weighted by molar-refractivity contribution is -0.118. The Kier molecular flexibility index (Phi) is 7.47. The van der Waals surface area contributed by atoms with E-state index in [4.69, 9.17) is 4.74 Å². The lowest BCUT2D eigenvalue weighted by atomic mass is 10.2. The van der Waals surface area contributed by atoms with Crippen LogP contribution in [0.1, 0.15) is 12.5 Å². The van der Waals surface area contributed by atoms with E-state index in [0.29, 0.717) is 27.5 Å². The van der Waals surface area contributed by atoms with Gasteiger partial charge in [0.15, 0.2) is 22.5 Å². The summed E-state index contributed by atoms with van der Waals surface area (Å²) in [7, 11) is 1.46. The van der Waals surface area contributed by atoms with Crippen LogP contribution in [0, 0.1) is 0 Å². The highest BCUT2D eigenvalue weighted by molar-refractivity contribution is 9.10. The van der Waals surface area contributed by atoms with Gasteiger partial charge in [0.2, 0.25) is 0 Å². The Labute approximate surface area is 186 Å². The molecule has 30 heavy (non-hydrogen) atoms. The number of carbonyl (C=O) groups excluding carboxylic acids is 1. The van der Waals surface area contributed by atoms with Crippen molar-refractivity contribution < 1.29 is 14.6 Å². The zero-order chi connectivity index (χ0) is 21.5. The van der Waals surface area contributed by atoms with Gasteiger partial charge in [0.25, 0.3) is 5.91 Å². The summed E-state index contributed by atoms with van der Waals surface area (Å²) in [6.45, 7) is 2.70. The summed E-state index contributed by atoms with van der Waals surface area (Å²) in [6, 6.07) is 13.1. The first-order valence-corrected chi connectivity index (χ1v) is 10.8.